The Hall–Kier alpha value is -0.680. The van der Waals surface area contributed by atoms with E-state index in [1.54, 1.807) is 12.1 Å². The van der Waals surface area contributed by atoms with Crippen LogP contribution in [-0.4, -0.2) is 18.1 Å². The van der Waals surface area contributed by atoms with Gasteiger partial charge in [-0.05, 0) is 35.9 Å². The van der Waals surface area contributed by atoms with E-state index >= 15 is 0 Å². The normalized spacial score (nSPS) is 25.8. The Morgan fingerprint density at radius 3 is 2.44 bits per heavy atom. The Labute approximate surface area is 109 Å². The molecule has 1 fully saturated rings. The summed E-state index contributed by atoms with van der Waals surface area (Å²) in [5.74, 6) is 2.62. The molecule has 0 spiro atoms. The summed E-state index contributed by atoms with van der Waals surface area (Å²) in [6, 6.07) is 5.64. The molecule has 0 amide bonds. The molecule has 1 heterocycles. The molecule has 5 heteroatoms. The van der Waals surface area contributed by atoms with Crippen LogP contribution < -0.4 is 5.32 Å². The van der Waals surface area contributed by atoms with E-state index in [-0.39, 0.29) is 6.04 Å². The minimum atomic E-state index is -4.25. The molecule has 0 saturated carbocycles. The van der Waals surface area contributed by atoms with Crippen LogP contribution in [0.2, 0.25) is 0 Å². The Morgan fingerprint density at radius 2 is 1.83 bits per heavy atom. The zero-order valence-corrected chi connectivity index (χ0v) is 10.9. The second-order valence-corrected chi connectivity index (χ2v) is 5.80. The van der Waals surface area contributed by atoms with Crippen molar-refractivity contribution >= 4 is 11.8 Å². The quantitative estimate of drug-likeness (QED) is 0.838. The molecular formula is C13H16F3NS. The monoisotopic (exact) mass is 275 g/mol. The molecule has 1 aliphatic heterocycles. The smallest absolute Gasteiger partial charge is 0.309 e. The van der Waals surface area contributed by atoms with Gasteiger partial charge in [0.05, 0.1) is 5.56 Å². The summed E-state index contributed by atoms with van der Waals surface area (Å²) in [5.41, 5.74) is 0.352. The van der Waals surface area contributed by atoms with Crippen molar-refractivity contribution in [1.29, 1.82) is 0 Å². The Bertz CT molecular complexity index is 388. The summed E-state index contributed by atoms with van der Waals surface area (Å²) in [4.78, 5) is 0. The first-order valence-electron chi connectivity index (χ1n) is 5.95. The number of hydrogen-bond acceptors (Lipinski definition) is 2. The van der Waals surface area contributed by atoms with Crippen LogP contribution in [0.1, 0.15) is 24.1 Å². The van der Waals surface area contributed by atoms with Gasteiger partial charge < -0.3 is 5.32 Å². The van der Waals surface area contributed by atoms with E-state index in [2.05, 4.69) is 12.2 Å². The Kier molecular flexibility index (Phi) is 4.22. The second kappa shape index (κ2) is 5.53. The van der Waals surface area contributed by atoms with Gasteiger partial charge in [-0.2, -0.15) is 24.9 Å². The summed E-state index contributed by atoms with van der Waals surface area (Å²) in [7, 11) is 0. The van der Waals surface area contributed by atoms with E-state index in [1.165, 1.54) is 0 Å². The first-order chi connectivity index (χ1) is 8.47. The Morgan fingerprint density at radius 1 is 1.17 bits per heavy atom. The highest BCUT2D eigenvalue weighted by Crippen LogP contribution is 2.31. The molecule has 1 aromatic carbocycles. The van der Waals surface area contributed by atoms with Crippen molar-refractivity contribution in [3.8, 4) is 0 Å². The molecule has 0 radical (unpaired) electrons. The molecule has 0 aliphatic carbocycles. The van der Waals surface area contributed by atoms with Crippen LogP contribution in [0.5, 0.6) is 0 Å². The van der Waals surface area contributed by atoms with Crippen molar-refractivity contribution < 1.29 is 13.2 Å². The lowest BCUT2D eigenvalue weighted by molar-refractivity contribution is -0.137. The summed E-state index contributed by atoms with van der Waals surface area (Å²) in [6.07, 6.45) is -4.25. The third kappa shape index (κ3) is 3.42. The van der Waals surface area contributed by atoms with Gasteiger partial charge in [-0.3, -0.25) is 0 Å². The predicted octanol–water partition coefficient (Wildman–Crippen LogP) is 3.72. The molecule has 1 aromatic rings. The van der Waals surface area contributed by atoms with Gasteiger partial charge in [-0.25, -0.2) is 0 Å². The standard InChI is InChI=1S/C13H16F3NS/c1-9-6-17-12(8-18-7-9)10-2-4-11(5-3-10)13(14,15)16/h2-5,9,12,17H,6-8H2,1H3. The van der Waals surface area contributed by atoms with Crippen LogP contribution in [0.25, 0.3) is 0 Å². The molecule has 1 nitrogen and oxygen atoms in total. The maximum absolute atomic E-state index is 12.5. The number of rotatable bonds is 1. The molecule has 1 N–H and O–H groups in total. The van der Waals surface area contributed by atoms with Crippen molar-refractivity contribution in [2.24, 2.45) is 5.92 Å². The van der Waals surface area contributed by atoms with Gasteiger partial charge >= 0.3 is 6.18 Å². The molecule has 0 bridgehead atoms. The average Bonchev–Trinajstić information content (AvgIpc) is 2.53. The molecule has 100 valence electrons. The molecule has 2 rings (SSSR count). The van der Waals surface area contributed by atoms with Crippen LogP contribution in [0, 0.1) is 5.92 Å². The molecule has 1 saturated heterocycles. The van der Waals surface area contributed by atoms with Crippen LogP contribution in [-0.2, 0) is 6.18 Å². The third-order valence-electron chi connectivity index (χ3n) is 3.04. The first-order valence-corrected chi connectivity index (χ1v) is 7.10. The van der Waals surface area contributed by atoms with Gasteiger partial charge in [0, 0.05) is 11.8 Å². The summed E-state index contributed by atoms with van der Waals surface area (Å²) < 4.78 is 37.4. The number of thioether (sulfide) groups is 1. The maximum atomic E-state index is 12.5. The SMILES string of the molecule is CC1CNC(c2ccc(C(F)(F)F)cc2)CSC1. The third-order valence-corrected chi connectivity index (χ3v) is 4.41. The fraction of sp³-hybridized carbons (Fsp3) is 0.538. The van der Waals surface area contributed by atoms with Gasteiger partial charge in [0.25, 0.3) is 0 Å². The van der Waals surface area contributed by atoms with Gasteiger partial charge in [0.1, 0.15) is 0 Å². The number of hydrogen-bond donors (Lipinski definition) is 1. The van der Waals surface area contributed by atoms with Gasteiger partial charge in [0.15, 0.2) is 0 Å². The van der Waals surface area contributed by atoms with E-state index in [9.17, 15) is 13.2 Å². The maximum Gasteiger partial charge on any atom is 0.416 e. The lowest BCUT2D eigenvalue weighted by Gasteiger charge is -2.17. The lowest BCUT2D eigenvalue weighted by atomic mass is 10.1. The highest BCUT2D eigenvalue weighted by atomic mass is 32.2. The van der Waals surface area contributed by atoms with Crippen LogP contribution in [0.15, 0.2) is 24.3 Å². The largest absolute Gasteiger partial charge is 0.416 e. The molecule has 2 unspecified atom stereocenters. The zero-order chi connectivity index (χ0) is 13.2. The fourth-order valence-electron chi connectivity index (χ4n) is 1.97. The van der Waals surface area contributed by atoms with Crippen LogP contribution >= 0.6 is 11.8 Å². The van der Waals surface area contributed by atoms with E-state index in [0.29, 0.717) is 5.92 Å². The lowest BCUT2D eigenvalue weighted by Crippen LogP contribution is -2.25. The second-order valence-electron chi connectivity index (χ2n) is 4.72. The predicted molar refractivity (Wildman–Crippen MR) is 68.7 cm³/mol. The number of nitrogens with one attached hydrogen (secondary N) is 1. The molecule has 0 aromatic heterocycles. The van der Waals surface area contributed by atoms with Crippen LogP contribution in [0.3, 0.4) is 0 Å². The van der Waals surface area contributed by atoms with Gasteiger partial charge in [0.2, 0.25) is 0 Å². The molecule has 1 aliphatic rings. The summed E-state index contributed by atoms with van der Waals surface area (Å²) >= 11 is 1.85. The molecule has 18 heavy (non-hydrogen) atoms. The highest BCUT2D eigenvalue weighted by molar-refractivity contribution is 7.99. The Balaban J connectivity index is 2.09. The van der Waals surface area contributed by atoms with Gasteiger partial charge in [-0.1, -0.05) is 19.1 Å². The highest BCUT2D eigenvalue weighted by Gasteiger charge is 2.30. The number of benzene rings is 1. The minimum Gasteiger partial charge on any atom is -0.309 e. The minimum absolute atomic E-state index is 0.155. The fourth-order valence-corrected chi connectivity index (χ4v) is 3.17. The van der Waals surface area contributed by atoms with Crippen molar-refractivity contribution in [1.82, 2.24) is 5.32 Å². The van der Waals surface area contributed by atoms with Crippen molar-refractivity contribution in [3.05, 3.63) is 35.4 Å². The first kappa shape index (κ1) is 13.7. The van der Waals surface area contributed by atoms with Crippen molar-refractivity contribution in [2.45, 2.75) is 19.1 Å². The van der Waals surface area contributed by atoms with Crippen molar-refractivity contribution in [3.63, 3.8) is 0 Å². The number of alkyl halides is 3. The van der Waals surface area contributed by atoms with E-state index < -0.39 is 11.7 Å². The van der Waals surface area contributed by atoms with E-state index in [0.717, 1.165) is 35.7 Å². The molecule has 2 atom stereocenters. The van der Waals surface area contributed by atoms with Crippen molar-refractivity contribution in [2.75, 3.05) is 18.1 Å². The zero-order valence-electron chi connectivity index (χ0n) is 10.1. The summed E-state index contributed by atoms with van der Waals surface area (Å²) in [6.45, 7) is 3.09. The number of halogens is 3. The molecular weight excluding hydrogens is 259 g/mol. The van der Waals surface area contributed by atoms with Gasteiger partial charge in [-0.15, -0.1) is 0 Å². The van der Waals surface area contributed by atoms with E-state index in [1.807, 2.05) is 11.8 Å². The topological polar surface area (TPSA) is 12.0 Å². The van der Waals surface area contributed by atoms with Crippen LogP contribution in [0.4, 0.5) is 13.2 Å². The van der Waals surface area contributed by atoms with E-state index in [4.69, 9.17) is 0 Å². The summed E-state index contributed by atoms with van der Waals surface area (Å²) in [5, 5.41) is 3.40. The average molecular weight is 275 g/mol.